The van der Waals surface area contributed by atoms with E-state index in [1.807, 2.05) is 18.0 Å². The SMILES string of the molecule is C1=CC2Sc3ccccc3C2C=C1c1cc2c3c4c(cccc4n2-c2cncnn2)-c2cccc4c2c2c3c1ccc2n4-c1ccccc1. The average molecular weight is 644 g/mol. The lowest BCUT2D eigenvalue weighted by atomic mass is 9.85. The largest absolute Gasteiger partial charge is 0.309 e. The Morgan fingerprint density at radius 3 is 2.18 bits per heavy atom. The summed E-state index contributed by atoms with van der Waals surface area (Å²) in [4.78, 5) is 5.80. The van der Waals surface area contributed by atoms with Crippen LogP contribution in [0.25, 0.3) is 82.6 Å². The van der Waals surface area contributed by atoms with E-state index >= 15 is 0 Å². The Hall–Kier alpha value is -5.98. The van der Waals surface area contributed by atoms with Gasteiger partial charge in [-0.2, -0.15) is 0 Å². The fraction of sp³-hybridized carbons (Fsp3) is 0.0465. The van der Waals surface area contributed by atoms with Gasteiger partial charge in [-0.3, -0.25) is 4.57 Å². The minimum atomic E-state index is 0.333. The standard InChI is InChI=1S/C43H25N5S/c1-2-8-25(9-3-1)47-32-13-6-11-27-28-12-7-14-33-40(28)43-35(48(33)38-22-44-23-45-46-38)21-30(29-17-18-34(47)42(39(27)32)41(29)43)24-16-19-37-31(20-24)26-10-4-5-15-36(26)49-37/h1-23,31,37H. The maximum atomic E-state index is 4.62. The third-order valence-corrected chi connectivity index (χ3v) is 12.2. The van der Waals surface area contributed by atoms with Crippen molar-refractivity contribution < 1.29 is 0 Å². The molecule has 2 atom stereocenters. The summed E-state index contributed by atoms with van der Waals surface area (Å²) in [6, 6.07) is 40.2. The molecule has 5 nitrogen and oxygen atoms in total. The molecule has 0 N–H and O–H groups in total. The van der Waals surface area contributed by atoms with Crippen LogP contribution >= 0.6 is 11.8 Å². The van der Waals surface area contributed by atoms with Crippen LogP contribution in [-0.4, -0.2) is 29.6 Å². The molecule has 4 heterocycles. The first kappa shape index (κ1) is 26.0. The molecule has 3 aromatic heterocycles. The van der Waals surface area contributed by atoms with Crippen molar-refractivity contribution in [1.82, 2.24) is 24.3 Å². The minimum absolute atomic E-state index is 0.333. The summed E-state index contributed by atoms with van der Waals surface area (Å²) >= 11 is 1.98. The Morgan fingerprint density at radius 2 is 1.37 bits per heavy atom. The monoisotopic (exact) mass is 643 g/mol. The van der Waals surface area contributed by atoms with Crippen LogP contribution < -0.4 is 0 Å². The Kier molecular flexibility index (Phi) is 4.96. The molecule has 3 aliphatic rings. The summed E-state index contributed by atoms with van der Waals surface area (Å²) in [5.74, 6) is 1.05. The van der Waals surface area contributed by atoms with E-state index in [9.17, 15) is 0 Å². The van der Waals surface area contributed by atoms with Crippen molar-refractivity contribution in [2.45, 2.75) is 16.1 Å². The van der Waals surface area contributed by atoms with Crippen LogP contribution in [0.2, 0.25) is 0 Å². The Labute approximate surface area is 284 Å². The number of thioether (sulfide) groups is 1. The van der Waals surface area contributed by atoms with Gasteiger partial charge in [-0.05, 0) is 75.7 Å². The molecule has 6 heteroatoms. The molecule has 0 spiro atoms. The van der Waals surface area contributed by atoms with Gasteiger partial charge in [0.15, 0.2) is 5.82 Å². The molecule has 2 aliphatic carbocycles. The first-order valence-corrected chi connectivity index (χ1v) is 17.6. The summed E-state index contributed by atoms with van der Waals surface area (Å²) in [5, 5.41) is 16.9. The number of hydrogen-bond donors (Lipinski definition) is 0. The molecule has 0 fully saturated rings. The van der Waals surface area contributed by atoms with Gasteiger partial charge in [-0.15, -0.1) is 22.0 Å². The molecule has 0 amide bonds. The lowest BCUT2D eigenvalue weighted by Gasteiger charge is -2.21. The highest BCUT2D eigenvalue weighted by atomic mass is 32.2. The first-order valence-electron chi connectivity index (χ1n) is 16.7. The van der Waals surface area contributed by atoms with Gasteiger partial charge in [-0.1, -0.05) is 85.0 Å². The zero-order chi connectivity index (χ0) is 31.8. The number of rotatable bonds is 3. The summed E-state index contributed by atoms with van der Waals surface area (Å²) < 4.78 is 4.71. The van der Waals surface area contributed by atoms with Gasteiger partial charge >= 0.3 is 0 Å². The van der Waals surface area contributed by atoms with Gasteiger partial charge in [0.2, 0.25) is 0 Å². The van der Waals surface area contributed by atoms with Gasteiger partial charge in [-0.25, -0.2) is 4.98 Å². The number of nitrogens with zero attached hydrogens (tertiary/aromatic N) is 5. The molecule has 1 aliphatic heterocycles. The van der Waals surface area contributed by atoms with E-state index in [0.29, 0.717) is 17.0 Å². The quantitative estimate of drug-likeness (QED) is 0.192. The fourth-order valence-electron chi connectivity index (χ4n) is 8.96. The van der Waals surface area contributed by atoms with E-state index in [0.717, 1.165) is 16.7 Å². The molecule has 12 rings (SSSR count). The summed E-state index contributed by atoms with van der Waals surface area (Å²) in [7, 11) is 0. The molecular formula is C43H25N5S. The molecular weight excluding hydrogens is 619 g/mol. The van der Waals surface area contributed by atoms with Crippen LogP contribution in [0, 0.1) is 0 Å². The van der Waals surface area contributed by atoms with Gasteiger partial charge in [0.25, 0.3) is 0 Å². The third kappa shape index (κ3) is 3.29. The van der Waals surface area contributed by atoms with Crippen LogP contribution in [0.4, 0.5) is 0 Å². The predicted octanol–water partition coefficient (Wildman–Crippen LogP) is 10.4. The number of aromatic nitrogens is 5. The maximum absolute atomic E-state index is 4.62. The zero-order valence-corrected chi connectivity index (χ0v) is 26.9. The maximum Gasteiger partial charge on any atom is 0.178 e. The Bertz CT molecular complexity index is 2940. The van der Waals surface area contributed by atoms with Crippen LogP contribution in [0.1, 0.15) is 17.0 Å². The van der Waals surface area contributed by atoms with Crippen molar-refractivity contribution >= 4 is 71.7 Å². The van der Waals surface area contributed by atoms with Crippen molar-refractivity contribution in [2.75, 3.05) is 0 Å². The van der Waals surface area contributed by atoms with Gasteiger partial charge in [0.05, 0.1) is 28.3 Å². The lowest BCUT2D eigenvalue weighted by Crippen LogP contribution is -2.09. The van der Waals surface area contributed by atoms with Gasteiger partial charge < -0.3 is 4.57 Å². The molecule has 2 unspecified atom stereocenters. The normalized spacial score (nSPS) is 17.3. The number of hydrogen-bond acceptors (Lipinski definition) is 4. The molecule has 0 radical (unpaired) electrons. The van der Waals surface area contributed by atoms with E-state index in [-0.39, 0.29) is 0 Å². The smallest absolute Gasteiger partial charge is 0.178 e. The van der Waals surface area contributed by atoms with E-state index in [4.69, 9.17) is 0 Å². The fourth-order valence-corrected chi connectivity index (χ4v) is 10.3. The highest BCUT2D eigenvalue weighted by Gasteiger charge is 2.33. The van der Waals surface area contributed by atoms with E-state index in [2.05, 4.69) is 152 Å². The summed E-state index contributed by atoms with van der Waals surface area (Å²) in [6.07, 6.45) is 10.6. The van der Waals surface area contributed by atoms with E-state index in [1.165, 1.54) is 82.4 Å². The van der Waals surface area contributed by atoms with Crippen molar-refractivity contribution in [1.29, 1.82) is 0 Å². The summed E-state index contributed by atoms with van der Waals surface area (Å²) in [6.45, 7) is 0. The van der Waals surface area contributed by atoms with Crippen molar-refractivity contribution in [3.8, 4) is 22.6 Å². The van der Waals surface area contributed by atoms with Gasteiger partial charge in [0.1, 0.15) is 6.33 Å². The average Bonchev–Trinajstić information content (AvgIpc) is 3.79. The second-order valence-corrected chi connectivity index (χ2v) is 14.4. The topological polar surface area (TPSA) is 48.5 Å². The van der Waals surface area contributed by atoms with Crippen molar-refractivity contribution in [3.05, 3.63) is 151 Å². The minimum Gasteiger partial charge on any atom is -0.309 e. The van der Waals surface area contributed by atoms with Crippen LogP contribution in [0.15, 0.2) is 145 Å². The van der Waals surface area contributed by atoms with Crippen LogP contribution in [-0.2, 0) is 0 Å². The summed E-state index contributed by atoms with van der Waals surface area (Å²) in [5.41, 5.74) is 12.2. The number of benzene rings is 6. The highest BCUT2D eigenvalue weighted by molar-refractivity contribution is 8.00. The lowest BCUT2D eigenvalue weighted by molar-refractivity contribution is 0.884. The van der Waals surface area contributed by atoms with Crippen molar-refractivity contribution in [3.63, 3.8) is 0 Å². The number of para-hydroxylation sites is 1. The molecule has 0 bridgehead atoms. The predicted molar refractivity (Wildman–Crippen MR) is 201 cm³/mol. The first-order chi connectivity index (χ1) is 24.3. The second kappa shape index (κ2) is 9.34. The molecule has 228 valence electrons. The zero-order valence-electron chi connectivity index (χ0n) is 26.1. The Morgan fingerprint density at radius 1 is 0.612 bits per heavy atom. The third-order valence-electron chi connectivity index (χ3n) is 10.8. The number of allylic oxidation sites excluding steroid dienone is 3. The highest BCUT2D eigenvalue weighted by Crippen LogP contribution is 2.54. The molecule has 49 heavy (non-hydrogen) atoms. The van der Waals surface area contributed by atoms with E-state index in [1.54, 1.807) is 0 Å². The van der Waals surface area contributed by atoms with Gasteiger partial charge in [0, 0.05) is 48.7 Å². The van der Waals surface area contributed by atoms with Crippen LogP contribution in [0.3, 0.4) is 0 Å². The Balaban J connectivity index is 1.30. The molecule has 6 aromatic carbocycles. The van der Waals surface area contributed by atoms with Crippen molar-refractivity contribution in [2.24, 2.45) is 0 Å². The molecule has 0 saturated heterocycles. The van der Waals surface area contributed by atoms with E-state index < -0.39 is 0 Å². The van der Waals surface area contributed by atoms with Crippen LogP contribution in [0.5, 0.6) is 0 Å². The molecule has 9 aromatic rings. The molecule has 0 saturated carbocycles. The second-order valence-electron chi connectivity index (χ2n) is 13.2. The number of fused-ring (bicyclic) bond motifs is 4.